The number of aliphatic hydroxyl groups is 2. The minimum atomic E-state index is -0.510. The number of hydrogen-bond acceptors (Lipinski definition) is 6. The minimum Gasteiger partial charge on any atom is -0.396 e. The maximum absolute atomic E-state index is 11.4. The van der Waals surface area contributed by atoms with Gasteiger partial charge in [0.25, 0.3) is 0 Å². The second kappa shape index (κ2) is 13.0. The number of aliphatic hydroxyl groups excluding tert-OH is 2. The Balaban J connectivity index is 1.53. The lowest BCUT2D eigenvalue weighted by Gasteiger charge is -2.36. The van der Waals surface area contributed by atoms with Crippen LogP contribution in [0.2, 0.25) is 0 Å². The van der Waals surface area contributed by atoms with E-state index >= 15 is 0 Å². The van der Waals surface area contributed by atoms with Gasteiger partial charge in [-0.2, -0.15) is 11.8 Å². The van der Waals surface area contributed by atoms with Crippen LogP contribution in [-0.4, -0.2) is 40.3 Å². The molecule has 4 rings (SSSR count). The molecule has 3 aromatic carbocycles. The summed E-state index contributed by atoms with van der Waals surface area (Å²) in [5.74, 6) is 1.40. The Kier molecular flexibility index (Phi) is 9.55. The third-order valence-electron chi connectivity index (χ3n) is 6.19. The monoisotopic (exact) mass is 507 g/mol. The Labute approximate surface area is 216 Å². The predicted molar refractivity (Wildman–Crippen MR) is 142 cm³/mol. The van der Waals surface area contributed by atoms with Gasteiger partial charge in [0.15, 0.2) is 6.29 Å². The third-order valence-corrected chi connectivity index (χ3v) is 7.27. The average Bonchev–Trinajstić information content (AvgIpc) is 2.92. The van der Waals surface area contributed by atoms with Crippen LogP contribution in [0.5, 0.6) is 0 Å². The van der Waals surface area contributed by atoms with Gasteiger partial charge in [0, 0.05) is 37.0 Å². The Morgan fingerprint density at radius 2 is 1.69 bits per heavy atom. The highest BCUT2D eigenvalue weighted by Gasteiger charge is 2.32. The van der Waals surface area contributed by atoms with E-state index in [1.54, 1.807) is 11.8 Å². The molecule has 6 nitrogen and oxygen atoms in total. The van der Waals surface area contributed by atoms with E-state index < -0.39 is 6.29 Å². The number of benzene rings is 3. The molecule has 36 heavy (non-hydrogen) atoms. The maximum Gasteiger partial charge on any atom is 0.217 e. The molecule has 3 atom stereocenters. The van der Waals surface area contributed by atoms with Gasteiger partial charge < -0.3 is 25.0 Å². The summed E-state index contributed by atoms with van der Waals surface area (Å²) in [7, 11) is 0. The number of nitrogens with one attached hydrogen (secondary N) is 1. The van der Waals surface area contributed by atoms with Gasteiger partial charge in [0.1, 0.15) is 0 Å². The van der Waals surface area contributed by atoms with Crippen LogP contribution >= 0.6 is 11.8 Å². The van der Waals surface area contributed by atoms with Crippen molar-refractivity contribution in [1.82, 2.24) is 5.32 Å². The molecule has 7 heteroatoms. The summed E-state index contributed by atoms with van der Waals surface area (Å²) in [5.41, 5.74) is 6.04. The van der Waals surface area contributed by atoms with Gasteiger partial charge in [-0.25, -0.2) is 0 Å². The van der Waals surface area contributed by atoms with Crippen molar-refractivity contribution < 1.29 is 24.5 Å². The fourth-order valence-corrected chi connectivity index (χ4v) is 5.07. The first-order chi connectivity index (χ1) is 17.6. The molecule has 1 aliphatic heterocycles. The number of carbonyl (C=O) groups excluding carboxylic acids is 1. The van der Waals surface area contributed by atoms with Gasteiger partial charge in [-0.15, -0.1) is 0 Å². The highest BCUT2D eigenvalue weighted by molar-refractivity contribution is 7.99. The van der Waals surface area contributed by atoms with Crippen LogP contribution in [0.3, 0.4) is 0 Å². The number of carbonyl (C=O) groups is 1. The summed E-state index contributed by atoms with van der Waals surface area (Å²) >= 11 is 1.67. The van der Waals surface area contributed by atoms with Crippen molar-refractivity contribution in [2.75, 3.05) is 18.1 Å². The van der Waals surface area contributed by atoms with E-state index in [0.717, 1.165) is 45.6 Å². The van der Waals surface area contributed by atoms with Crippen LogP contribution in [0.1, 0.15) is 48.0 Å². The minimum absolute atomic E-state index is 0.0122. The lowest BCUT2D eigenvalue weighted by atomic mass is 9.98. The zero-order chi connectivity index (χ0) is 25.3. The van der Waals surface area contributed by atoms with Crippen LogP contribution < -0.4 is 5.32 Å². The molecule has 0 bridgehead atoms. The zero-order valence-electron chi connectivity index (χ0n) is 20.4. The molecule has 0 unspecified atom stereocenters. The number of hydrogen-bond donors (Lipinski definition) is 3. The van der Waals surface area contributed by atoms with Crippen LogP contribution in [0, 0.1) is 0 Å². The Hall–Kier alpha value is -2.68. The van der Waals surface area contributed by atoms with E-state index in [9.17, 15) is 15.0 Å². The molecule has 1 fully saturated rings. The summed E-state index contributed by atoms with van der Waals surface area (Å²) in [4.78, 5) is 11.4. The van der Waals surface area contributed by atoms with E-state index in [-0.39, 0.29) is 31.3 Å². The fraction of sp³-hybridized carbons (Fsp3) is 0.345. The van der Waals surface area contributed by atoms with Crippen molar-refractivity contribution >= 4 is 17.7 Å². The Morgan fingerprint density at radius 1 is 0.972 bits per heavy atom. The lowest BCUT2D eigenvalue weighted by molar-refractivity contribution is -0.245. The number of amides is 1. The summed E-state index contributed by atoms with van der Waals surface area (Å²) in [6.45, 7) is 2.16. The van der Waals surface area contributed by atoms with E-state index in [2.05, 4.69) is 23.5 Å². The molecule has 1 amide bonds. The highest BCUT2D eigenvalue weighted by atomic mass is 32.2. The van der Waals surface area contributed by atoms with Crippen LogP contribution in [0.15, 0.2) is 72.8 Å². The average molecular weight is 508 g/mol. The molecule has 0 spiro atoms. The van der Waals surface area contributed by atoms with Crippen molar-refractivity contribution in [3.63, 3.8) is 0 Å². The van der Waals surface area contributed by atoms with Gasteiger partial charge in [0.05, 0.1) is 25.4 Å². The maximum atomic E-state index is 11.4. The molecule has 1 saturated heterocycles. The molecule has 3 aromatic rings. The van der Waals surface area contributed by atoms with Crippen molar-refractivity contribution in [1.29, 1.82) is 0 Å². The second-order valence-electron chi connectivity index (χ2n) is 8.84. The van der Waals surface area contributed by atoms with Crippen LogP contribution in [0.25, 0.3) is 11.1 Å². The van der Waals surface area contributed by atoms with Gasteiger partial charge in [-0.1, -0.05) is 72.8 Å². The zero-order valence-corrected chi connectivity index (χ0v) is 21.2. The lowest BCUT2D eigenvalue weighted by Crippen LogP contribution is -2.31. The number of thioether (sulfide) groups is 1. The summed E-state index contributed by atoms with van der Waals surface area (Å²) < 4.78 is 12.7. The third kappa shape index (κ3) is 6.96. The van der Waals surface area contributed by atoms with E-state index in [4.69, 9.17) is 9.47 Å². The van der Waals surface area contributed by atoms with Gasteiger partial charge in [0.2, 0.25) is 5.91 Å². The van der Waals surface area contributed by atoms with Crippen molar-refractivity contribution in [2.24, 2.45) is 0 Å². The normalized spacial score (nSPS) is 19.7. The number of rotatable bonds is 10. The molecule has 1 aliphatic rings. The molecule has 3 N–H and O–H groups in total. The van der Waals surface area contributed by atoms with Gasteiger partial charge >= 0.3 is 0 Å². The summed E-state index contributed by atoms with van der Waals surface area (Å²) in [6.07, 6.45) is 0.0713. The molecule has 0 aliphatic carbocycles. The van der Waals surface area contributed by atoms with Crippen molar-refractivity contribution in [3.8, 4) is 11.1 Å². The van der Waals surface area contributed by atoms with E-state index in [0.29, 0.717) is 12.3 Å². The Bertz CT molecular complexity index is 1120. The molecule has 1 heterocycles. The standard InChI is InChI=1S/C29H33NO5S/c1-20(33)30-17-25-4-2-3-5-27(25)22-10-12-24(13-11-22)29-34-26(19-36-15-14-31)16-28(35-29)23-8-6-21(18-32)7-9-23/h2-13,26,28-29,31-32H,14-19H2,1H3,(H,30,33)/t26-,28+,29+/m0/s1. The van der Waals surface area contributed by atoms with Crippen molar-refractivity contribution in [2.45, 2.75) is 45.0 Å². The van der Waals surface area contributed by atoms with E-state index in [1.165, 1.54) is 6.92 Å². The van der Waals surface area contributed by atoms with Crippen LogP contribution in [0.4, 0.5) is 0 Å². The van der Waals surface area contributed by atoms with Gasteiger partial charge in [-0.05, 0) is 27.8 Å². The first kappa shape index (κ1) is 26.4. The topological polar surface area (TPSA) is 88.0 Å². The second-order valence-corrected chi connectivity index (χ2v) is 9.99. The molecule has 0 saturated carbocycles. The summed E-state index contributed by atoms with van der Waals surface area (Å²) in [6, 6.07) is 24.1. The van der Waals surface area contributed by atoms with E-state index in [1.807, 2.05) is 54.6 Å². The first-order valence-corrected chi connectivity index (χ1v) is 13.3. The quantitative estimate of drug-likeness (QED) is 0.343. The number of ether oxygens (including phenoxy) is 2. The van der Waals surface area contributed by atoms with Crippen molar-refractivity contribution in [3.05, 3.63) is 95.1 Å². The molecular weight excluding hydrogens is 474 g/mol. The highest BCUT2D eigenvalue weighted by Crippen LogP contribution is 2.39. The molecule has 0 radical (unpaired) electrons. The predicted octanol–water partition coefficient (Wildman–Crippen LogP) is 4.75. The first-order valence-electron chi connectivity index (χ1n) is 12.2. The smallest absolute Gasteiger partial charge is 0.217 e. The fourth-order valence-electron chi connectivity index (χ4n) is 4.30. The molecule has 190 valence electrons. The molecule has 0 aromatic heterocycles. The Morgan fingerprint density at radius 3 is 2.39 bits per heavy atom. The summed E-state index contributed by atoms with van der Waals surface area (Å²) in [5, 5.41) is 21.4. The SMILES string of the molecule is CC(=O)NCc1ccccc1-c1ccc([C@@H]2O[C@H](CSCCO)C[C@H](c3ccc(CO)cc3)O2)cc1. The molecular formula is C29H33NO5S. The van der Waals surface area contributed by atoms with Crippen LogP contribution in [-0.2, 0) is 27.4 Å². The van der Waals surface area contributed by atoms with Gasteiger partial charge in [-0.3, -0.25) is 4.79 Å². The largest absolute Gasteiger partial charge is 0.396 e.